The lowest BCUT2D eigenvalue weighted by molar-refractivity contribution is -0.142. The molecule has 1 unspecified atom stereocenters. The molecular weight excluding hydrogens is 526 g/mol. The van der Waals surface area contributed by atoms with Crippen LogP contribution in [-0.2, 0) is 33.4 Å². The molecule has 0 bridgehead atoms. The number of methoxy groups -OCH3 is 2. The van der Waals surface area contributed by atoms with Crippen LogP contribution in [0, 0.1) is 0 Å². The molecule has 0 spiro atoms. The summed E-state index contributed by atoms with van der Waals surface area (Å²) in [5.41, 5.74) is -0.318. The second-order valence-electron chi connectivity index (χ2n) is 9.28. The van der Waals surface area contributed by atoms with Crippen molar-refractivity contribution in [1.29, 1.82) is 0 Å². The summed E-state index contributed by atoms with van der Waals surface area (Å²) in [5, 5.41) is 5.24. The first-order valence-corrected chi connectivity index (χ1v) is 14.5. The topological polar surface area (TPSA) is 123 Å². The van der Waals surface area contributed by atoms with Gasteiger partial charge in [-0.25, -0.2) is 0 Å². The number of esters is 1. The van der Waals surface area contributed by atoms with Crippen molar-refractivity contribution in [2.45, 2.75) is 106 Å². The van der Waals surface area contributed by atoms with Gasteiger partial charge in [-0.05, 0) is 47.1 Å². The minimum absolute atomic E-state index is 0.104. The molecule has 0 aromatic heterocycles. The van der Waals surface area contributed by atoms with Crippen LogP contribution in [0.2, 0.25) is 0 Å². The first kappa shape index (κ1) is 48.0. The van der Waals surface area contributed by atoms with Crippen LogP contribution >= 0.6 is 0 Å². The monoisotopic (exact) mass is 589 g/mol. The van der Waals surface area contributed by atoms with Gasteiger partial charge in [0.05, 0.1) is 20.3 Å². The first-order valence-electron chi connectivity index (χ1n) is 14.5. The van der Waals surface area contributed by atoms with E-state index in [4.69, 9.17) is 0 Å². The predicted octanol–water partition coefficient (Wildman–Crippen LogP) is 5.07. The third kappa shape index (κ3) is 39.5. The Hall–Kier alpha value is -2.72. The van der Waals surface area contributed by atoms with Crippen LogP contribution in [0.15, 0.2) is 25.3 Å². The molecule has 0 aliphatic carbocycles. The Kier molecular flexibility index (Phi) is 43.7. The molecule has 1 rings (SSSR count). The predicted molar refractivity (Wildman–Crippen MR) is 170 cm³/mol. The molecule has 41 heavy (non-hydrogen) atoms. The Morgan fingerprint density at radius 2 is 1.59 bits per heavy atom. The number of hydrogen-bond acceptors (Lipinski definition) is 8. The van der Waals surface area contributed by atoms with E-state index in [1.54, 1.807) is 25.1 Å². The maximum absolute atomic E-state index is 11.9. The third-order valence-corrected chi connectivity index (χ3v) is 4.29. The Morgan fingerprint density at radius 1 is 1.02 bits per heavy atom. The van der Waals surface area contributed by atoms with Gasteiger partial charge in [-0.15, -0.1) is 13.2 Å². The summed E-state index contributed by atoms with van der Waals surface area (Å²) < 4.78 is 13.6. The van der Waals surface area contributed by atoms with E-state index in [2.05, 4.69) is 58.8 Å². The number of ether oxygens (including phenoxy) is 3. The second kappa shape index (κ2) is 37.3. The molecule has 1 aliphatic heterocycles. The highest BCUT2D eigenvalue weighted by Crippen LogP contribution is 2.17. The molecule has 0 aromatic carbocycles. The van der Waals surface area contributed by atoms with Gasteiger partial charge in [0.2, 0.25) is 11.8 Å². The fourth-order valence-corrected chi connectivity index (χ4v) is 2.55. The molecule has 2 N–H and O–H groups in total. The largest absolute Gasteiger partial charge is 0.468 e. The molecule has 0 radical (unpaired) electrons. The SMILES string of the molecule is C=CCCCC.C=CCOC.CC.CC(C)(C)OC=O.CCC.CNCC(=O)N1CCCC1C(=O)NCC(=O)OC. The highest BCUT2D eigenvalue weighted by Gasteiger charge is 2.33. The average Bonchev–Trinajstić information content (AvgIpc) is 3.43. The number of nitrogens with zero attached hydrogens (tertiary/aromatic N) is 1. The van der Waals surface area contributed by atoms with E-state index >= 15 is 0 Å². The van der Waals surface area contributed by atoms with Gasteiger partial charge in [0.15, 0.2) is 0 Å². The van der Waals surface area contributed by atoms with Gasteiger partial charge < -0.3 is 29.7 Å². The van der Waals surface area contributed by atoms with Crippen LogP contribution < -0.4 is 10.6 Å². The smallest absolute Gasteiger partial charge is 0.325 e. The molecule has 1 atom stereocenters. The summed E-state index contributed by atoms with van der Waals surface area (Å²) in [6.07, 6.45) is 10.1. The third-order valence-electron chi connectivity index (χ3n) is 4.29. The van der Waals surface area contributed by atoms with Crippen molar-refractivity contribution in [2.24, 2.45) is 0 Å². The Labute approximate surface area is 251 Å². The zero-order valence-corrected chi connectivity index (χ0v) is 28.1. The van der Waals surface area contributed by atoms with Gasteiger partial charge in [0.1, 0.15) is 18.2 Å². The van der Waals surface area contributed by atoms with Crippen LogP contribution in [0.1, 0.15) is 93.9 Å². The van der Waals surface area contributed by atoms with E-state index in [9.17, 15) is 19.2 Å². The van der Waals surface area contributed by atoms with Crippen LogP contribution in [0.25, 0.3) is 0 Å². The van der Waals surface area contributed by atoms with Gasteiger partial charge in [-0.2, -0.15) is 0 Å². The van der Waals surface area contributed by atoms with E-state index in [1.165, 1.54) is 32.8 Å². The highest BCUT2D eigenvalue weighted by atomic mass is 16.5. The number of unbranched alkanes of at least 4 members (excludes halogenated alkanes) is 2. The molecule has 1 fully saturated rings. The number of carbonyl (C=O) groups excluding carboxylic acids is 4. The lowest BCUT2D eigenvalue weighted by atomic mass is 10.2. The molecule has 0 saturated carbocycles. The quantitative estimate of drug-likeness (QED) is 0.148. The fourth-order valence-electron chi connectivity index (χ4n) is 2.55. The number of carbonyl (C=O) groups is 4. The summed E-state index contributed by atoms with van der Waals surface area (Å²) in [6.45, 7) is 24.7. The molecule has 1 heterocycles. The average molecular weight is 590 g/mol. The van der Waals surface area contributed by atoms with Gasteiger partial charge in [-0.3, -0.25) is 19.2 Å². The van der Waals surface area contributed by atoms with E-state index < -0.39 is 12.0 Å². The minimum atomic E-state index is -0.505. The zero-order valence-electron chi connectivity index (χ0n) is 28.1. The molecular formula is C31H63N3O7. The standard InChI is InChI=1S/C11H19N3O4.C6H12.C5H10O2.C4H8O.C3H8.C2H6/c1-12-6-9(15)14-5-3-4-8(14)11(17)13-7-10(16)18-2;1-3-5-6-4-2;1-5(2,3)7-4-6;1-3-4-5-2;1-3-2;1-2/h8,12H,3-7H2,1-2H3,(H,13,17);3H,1,4-6H2,2H3;4H,1-3H3;3H,1,4H2,2H3;3H2,1-2H3;1-2H3. The van der Waals surface area contributed by atoms with Gasteiger partial charge >= 0.3 is 5.97 Å². The van der Waals surface area contributed by atoms with E-state index in [-0.39, 0.29) is 30.5 Å². The molecule has 10 nitrogen and oxygen atoms in total. The van der Waals surface area contributed by atoms with Gasteiger partial charge in [-0.1, -0.05) is 66.0 Å². The number of hydrogen-bond donors (Lipinski definition) is 2. The normalized spacial score (nSPS) is 12.7. The number of amides is 2. The van der Waals surface area contributed by atoms with Crippen molar-refractivity contribution >= 4 is 24.3 Å². The van der Waals surface area contributed by atoms with E-state index in [1.807, 2.05) is 40.7 Å². The summed E-state index contributed by atoms with van der Waals surface area (Å²) in [5.74, 6) is -0.912. The van der Waals surface area contributed by atoms with Crippen LogP contribution in [-0.4, -0.2) is 88.3 Å². The van der Waals surface area contributed by atoms with Crippen molar-refractivity contribution in [3.8, 4) is 0 Å². The van der Waals surface area contributed by atoms with Gasteiger partial charge in [0.25, 0.3) is 6.47 Å². The molecule has 1 aliphatic rings. The lowest BCUT2D eigenvalue weighted by Gasteiger charge is -2.23. The maximum Gasteiger partial charge on any atom is 0.325 e. The molecule has 1 saturated heterocycles. The van der Waals surface area contributed by atoms with Crippen molar-refractivity contribution in [1.82, 2.24) is 15.5 Å². The molecule has 2 amide bonds. The maximum atomic E-state index is 11.9. The van der Waals surface area contributed by atoms with Crippen molar-refractivity contribution in [3.05, 3.63) is 25.3 Å². The minimum Gasteiger partial charge on any atom is -0.468 e. The molecule has 244 valence electrons. The summed E-state index contributed by atoms with van der Waals surface area (Å²) in [7, 11) is 4.58. The summed E-state index contributed by atoms with van der Waals surface area (Å²) in [4.78, 5) is 45.7. The number of likely N-dealkylation sites (N-methyl/N-ethyl adjacent to an activating group) is 1. The van der Waals surface area contributed by atoms with E-state index in [0.29, 0.717) is 26.0 Å². The zero-order chi connectivity index (χ0) is 33.1. The number of allylic oxidation sites excluding steroid dienone is 1. The van der Waals surface area contributed by atoms with Crippen molar-refractivity contribution in [3.63, 3.8) is 0 Å². The number of rotatable bonds is 11. The number of likely N-dealkylation sites (tertiary alicyclic amines) is 1. The Morgan fingerprint density at radius 3 is 1.88 bits per heavy atom. The van der Waals surface area contributed by atoms with Crippen LogP contribution in [0.5, 0.6) is 0 Å². The van der Waals surface area contributed by atoms with Crippen molar-refractivity contribution in [2.75, 3.05) is 47.5 Å². The second-order valence-corrected chi connectivity index (χ2v) is 9.28. The molecule has 10 heteroatoms. The summed E-state index contributed by atoms with van der Waals surface area (Å²) >= 11 is 0. The number of nitrogens with one attached hydrogen (secondary N) is 2. The van der Waals surface area contributed by atoms with Gasteiger partial charge in [0, 0.05) is 13.7 Å². The highest BCUT2D eigenvalue weighted by molar-refractivity contribution is 5.90. The summed E-state index contributed by atoms with van der Waals surface area (Å²) in [6, 6.07) is -0.476. The van der Waals surface area contributed by atoms with Crippen LogP contribution in [0.3, 0.4) is 0 Å². The fraction of sp³-hybridized carbons (Fsp3) is 0.742. The Balaban J connectivity index is -0.000000155. The van der Waals surface area contributed by atoms with E-state index in [0.717, 1.165) is 6.42 Å². The van der Waals surface area contributed by atoms with Crippen molar-refractivity contribution < 1.29 is 33.4 Å². The van der Waals surface area contributed by atoms with Crippen LogP contribution in [0.4, 0.5) is 0 Å². The molecule has 0 aromatic rings. The Bertz CT molecular complexity index is 636. The first-order chi connectivity index (χ1) is 19.4. The lowest BCUT2D eigenvalue weighted by Crippen LogP contribution is -2.49.